The molecule has 0 radical (unpaired) electrons. The van der Waals surface area contributed by atoms with Crippen LogP contribution in [0.1, 0.15) is 45.2 Å². The highest BCUT2D eigenvalue weighted by Gasteiger charge is 2.33. The zero-order chi connectivity index (χ0) is 16.2. The SMILES string of the molecule is CC(C)C(=O)Nc1nc(CC(=O)NC2(CN)CCCC2)cs1.Cl.Cl. The van der Waals surface area contributed by atoms with Gasteiger partial charge in [0.1, 0.15) is 0 Å². The Hall–Kier alpha value is -0.890. The van der Waals surface area contributed by atoms with Gasteiger partial charge in [-0.25, -0.2) is 4.98 Å². The Labute approximate surface area is 159 Å². The van der Waals surface area contributed by atoms with Crippen LogP contribution in [0.4, 0.5) is 5.13 Å². The first-order valence-corrected chi connectivity index (χ1v) is 8.58. The predicted molar refractivity (Wildman–Crippen MR) is 102 cm³/mol. The molecule has 1 heterocycles. The van der Waals surface area contributed by atoms with Gasteiger partial charge in [-0.1, -0.05) is 26.7 Å². The maximum absolute atomic E-state index is 12.2. The molecule has 2 rings (SSSR count). The summed E-state index contributed by atoms with van der Waals surface area (Å²) in [6.45, 7) is 4.13. The van der Waals surface area contributed by atoms with Gasteiger partial charge in [-0.2, -0.15) is 0 Å². The molecule has 0 spiro atoms. The lowest BCUT2D eigenvalue weighted by Crippen LogP contribution is -2.52. The average Bonchev–Trinajstić information content (AvgIpc) is 3.09. The normalized spacial score (nSPS) is 15.3. The topological polar surface area (TPSA) is 97.1 Å². The largest absolute Gasteiger partial charge is 0.349 e. The molecule has 1 aromatic heterocycles. The van der Waals surface area contributed by atoms with Crippen LogP contribution in [-0.2, 0) is 16.0 Å². The molecule has 1 aliphatic rings. The molecule has 0 bridgehead atoms. The molecule has 0 aliphatic heterocycles. The summed E-state index contributed by atoms with van der Waals surface area (Å²) in [5.41, 5.74) is 6.26. The van der Waals surface area contributed by atoms with Gasteiger partial charge in [0.2, 0.25) is 11.8 Å². The minimum absolute atomic E-state index is 0. The Morgan fingerprint density at radius 3 is 2.50 bits per heavy atom. The second kappa shape index (κ2) is 10.2. The van der Waals surface area contributed by atoms with Gasteiger partial charge in [-0.3, -0.25) is 9.59 Å². The summed E-state index contributed by atoms with van der Waals surface area (Å²) in [6, 6.07) is 0. The van der Waals surface area contributed by atoms with E-state index in [0.717, 1.165) is 25.7 Å². The zero-order valence-corrected chi connectivity index (χ0v) is 16.4. The molecule has 1 saturated carbocycles. The Kier molecular flexibility index (Phi) is 9.80. The van der Waals surface area contributed by atoms with Gasteiger partial charge < -0.3 is 16.4 Å². The van der Waals surface area contributed by atoms with E-state index in [2.05, 4.69) is 15.6 Å². The number of rotatable bonds is 6. The van der Waals surface area contributed by atoms with Gasteiger partial charge >= 0.3 is 0 Å². The van der Waals surface area contributed by atoms with Crippen LogP contribution >= 0.6 is 36.2 Å². The Morgan fingerprint density at radius 1 is 1.33 bits per heavy atom. The minimum atomic E-state index is -0.234. The van der Waals surface area contributed by atoms with E-state index in [4.69, 9.17) is 5.73 Å². The fraction of sp³-hybridized carbons (Fsp3) is 0.667. The molecule has 1 aromatic rings. The van der Waals surface area contributed by atoms with Gasteiger partial charge in [-0.15, -0.1) is 36.2 Å². The molecule has 2 amide bonds. The molecule has 0 unspecified atom stereocenters. The standard InChI is InChI=1S/C15H24N4O2S.2ClH/c1-10(2)13(21)18-14-17-11(8-22-14)7-12(20)19-15(9-16)5-3-4-6-15;;/h8,10H,3-7,9,16H2,1-2H3,(H,19,20)(H,17,18,21);2*1H. The van der Waals surface area contributed by atoms with Crippen molar-refractivity contribution in [3.05, 3.63) is 11.1 Å². The first-order valence-electron chi connectivity index (χ1n) is 7.70. The van der Waals surface area contributed by atoms with Crippen LogP contribution in [0.2, 0.25) is 0 Å². The number of nitrogens with two attached hydrogens (primary N) is 1. The first-order chi connectivity index (χ1) is 10.4. The highest BCUT2D eigenvalue weighted by Crippen LogP contribution is 2.28. The van der Waals surface area contributed by atoms with Crippen molar-refractivity contribution in [1.29, 1.82) is 0 Å². The molecular weight excluding hydrogens is 371 g/mol. The number of aromatic nitrogens is 1. The van der Waals surface area contributed by atoms with Crippen LogP contribution < -0.4 is 16.4 Å². The summed E-state index contributed by atoms with van der Waals surface area (Å²) < 4.78 is 0. The van der Waals surface area contributed by atoms with Crippen molar-refractivity contribution in [3.8, 4) is 0 Å². The highest BCUT2D eigenvalue weighted by atomic mass is 35.5. The number of carbonyl (C=O) groups is 2. The maximum atomic E-state index is 12.2. The van der Waals surface area contributed by atoms with Gasteiger partial charge in [0.05, 0.1) is 17.7 Å². The van der Waals surface area contributed by atoms with Crippen molar-refractivity contribution in [2.75, 3.05) is 11.9 Å². The number of halogens is 2. The van der Waals surface area contributed by atoms with Gasteiger partial charge in [-0.05, 0) is 12.8 Å². The molecule has 0 aromatic carbocycles. The Morgan fingerprint density at radius 2 is 1.96 bits per heavy atom. The van der Waals surface area contributed by atoms with E-state index >= 15 is 0 Å². The summed E-state index contributed by atoms with van der Waals surface area (Å²) in [7, 11) is 0. The second-order valence-electron chi connectivity index (χ2n) is 6.20. The van der Waals surface area contributed by atoms with E-state index in [0.29, 0.717) is 17.4 Å². The van der Waals surface area contributed by atoms with Crippen molar-refractivity contribution >= 4 is 53.1 Å². The van der Waals surface area contributed by atoms with Crippen LogP contribution in [0.3, 0.4) is 0 Å². The number of nitrogens with zero attached hydrogens (tertiary/aromatic N) is 1. The van der Waals surface area contributed by atoms with E-state index in [1.54, 1.807) is 5.38 Å². The van der Waals surface area contributed by atoms with Gasteiger partial charge in [0.25, 0.3) is 0 Å². The third-order valence-electron chi connectivity index (χ3n) is 4.00. The highest BCUT2D eigenvalue weighted by molar-refractivity contribution is 7.13. The fourth-order valence-electron chi connectivity index (χ4n) is 2.63. The quantitative estimate of drug-likeness (QED) is 0.687. The molecule has 0 atom stereocenters. The third-order valence-corrected chi connectivity index (χ3v) is 4.81. The first kappa shape index (κ1) is 23.1. The van der Waals surface area contributed by atoms with Crippen LogP contribution in [0.25, 0.3) is 0 Å². The van der Waals surface area contributed by atoms with E-state index < -0.39 is 0 Å². The summed E-state index contributed by atoms with van der Waals surface area (Å²) in [6.07, 6.45) is 4.33. The van der Waals surface area contributed by atoms with Crippen LogP contribution in [0.5, 0.6) is 0 Å². The molecule has 6 nitrogen and oxygen atoms in total. The molecule has 1 aliphatic carbocycles. The Balaban J connectivity index is 0.00000264. The lowest BCUT2D eigenvalue weighted by molar-refractivity contribution is -0.122. The zero-order valence-electron chi connectivity index (χ0n) is 14.0. The molecular formula is C15H26Cl2N4O2S. The summed E-state index contributed by atoms with van der Waals surface area (Å²) in [5.74, 6) is -0.222. The van der Waals surface area contributed by atoms with E-state index in [1.165, 1.54) is 11.3 Å². The number of hydrogen-bond acceptors (Lipinski definition) is 5. The molecule has 9 heteroatoms. The van der Waals surface area contributed by atoms with Crippen molar-refractivity contribution in [2.24, 2.45) is 11.7 Å². The lowest BCUT2D eigenvalue weighted by Gasteiger charge is -2.28. The maximum Gasteiger partial charge on any atom is 0.228 e. The minimum Gasteiger partial charge on any atom is -0.349 e. The number of hydrogen-bond donors (Lipinski definition) is 3. The molecule has 4 N–H and O–H groups in total. The molecule has 138 valence electrons. The number of carbonyl (C=O) groups excluding carboxylic acids is 2. The molecule has 0 saturated heterocycles. The van der Waals surface area contributed by atoms with E-state index in [-0.39, 0.29) is 54.5 Å². The van der Waals surface area contributed by atoms with Crippen molar-refractivity contribution in [2.45, 2.75) is 51.5 Å². The van der Waals surface area contributed by atoms with Crippen molar-refractivity contribution in [3.63, 3.8) is 0 Å². The average molecular weight is 397 g/mol. The third kappa shape index (κ3) is 6.20. The molecule has 24 heavy (non-hydrogen) atoms. The number of thiazole rings is 1. The van der Waals surface area contributed by atoms with E-state index in [1.807, 2.05) is 13.8 Å². The Bertz CT molecular complexity index is 545. The van der Waals surface area contributed by atoms with Crippen LogP contribution in [0.15, 0.2) is 5.38 Å². The monoisotopic (exact) mass is 396 g/mol. The lowest BCUT2D eigenvalue weighted by atomic mass is 9.97. The molecule has 1 fully saturated rings. The second-order valence-corrected chi connectivity index (χ2v) is 7.06. The number of anilines is 1. The smallest absolute Gasteiger partial charge is 0.228 e. The van der Waals surface area contributed by atoms with Gasteiger partial charge in [0, 0.05) is 17.8 Å². The van der Waals surface area contributed by atoms with Crippen LogP contribution in [-0.4, -0.2) is 28.9 Å². The summed E-state index contributed by atoms with van der Waals surface area (Å²) in [5, 5.41) is 8.16. The predicted octanol–water partition coefficient (Wildman–Crippen LogP) is 2.51. The van der Waals surface area contributed by atoms with Crippen LogP contribution in [0, 0.1) is 5.92 Å². The number of nitrogens with one attached hydrogen (secondary N) is 2. The number of amides is 2. The van der Waals surface area contributed by atoms with Crippen molar-refractivity contribution < 1.29 is 9.59 Å². The summed E-state index contributed by atoms with van der Waals surface area (Å²) >= 11 is 1.34. The van der Waals surface area contributed by atoms with E-state index in [9.17, 15) is 9.59 Å². The van der Waals surface area contributed by atoms with Gasteiger partial charge in [0.15, 0.2) is 5.13 Å². The summed E-state index contributed by atoms with van der Waals surface area (Å²) in [4.78, 5) is 28.1. The van der Waals surface area contributed by atoms with Crippen molar-refractivity contribution in [1.82, 2.24) is 10.3 Å². The fourth-order valence-corrected chi connectivity index (χ4v) is 3.34.